The SMILES string of the molecule is Cc1oc(-c2ccccc2)nc1COC(=O)[C@H](NC(=O)c1ccccc1Cl)C(C)C. The van der Waals surface area contributed by atoms with Crippen molar-refractivity contribution in [3.63, 3.8) is 0 Å². The van der Waals surface area contributed by atoms with Crippen LogP contribution in [-0.2, 0) is 16.1 Å². The van der Waals surface area contributed by atoms with E-state index in [9.17, 15) is 9.59 Å². The minimum absolute atomic E-state index is 0.0494. The zero-order valence-corrected chi connectivity index (χ0v) is 17.8. The number of oxazole rings is 1. The molecule has 3 aromatic rings. The molecule has 0 fully saturated rings. The van der Waals surface area contributed by atoms with Gasteiger partial charge in [-0.05, 0) is 37.1 Å². The van der Waals surface area contributed by atoms with Crippen LogP contribution >= 0.6 is 11.6 Å². The summed E-state index contributed by atoms with van der Waals surface area (Å²) >= 11 is 6.08. The molecule has 6 nitrogen and oxygen atoms in total. The molecule has 2 aromatic carbocycles. The summed E-state index contributed by atoms with van der Waals surface area (Å²) < 4.78 is 11.1. The summed E-state index contributed by atoms with van der Waals surface area (Å²) in [5.41, 5.74) is 1.67. The van der Waals surface area contributed by atoms with Gasteiger partial charge in [-0.2, -0.15) is 0 Å². The minimum atomic E-state index is -0.824. The first-order valence-electron chi connectivity index (χ1n) is 9.60. The number of hydrogen-bond acceptors (Lipinski definition) is 5. The summed E-state index contributed by atoms with van der Waals surface area (Å²) in [6.07, 6.45) is 0. The van der Waals surface area contributed by atoms with E-state index >= 15 is 0 Å². The monoisotopic (exact) mass is 426 g/mol. The van der Waals surface area contributed by atoms with Crippen molar-refractivity contribution in [2.24, 2.45) is 5.92 Å². The average molecular weight is 427 g/mol. The quantitative estimate of drug-likeness (QED) is 0.549. The molecule has 0 saturated heterocycles. The van der Waals surface area contributed by atoms with Gasteiger partial charge in [0.2, 0.25) is 5.89 Å². The number of esters is 1. The minimum Gasteiger partial charge on any atom is -0.457 e. The van der Waals surface area contributed by atoms with Gasteiger partial charge in [0.1, 0.15) is 24.1 Å². The molecule has 3 rings (SSSR count). The maximum atomic E-state index is 12.7. The maximum Gasteiger partial charge on any atom is 0.329 e. The van der Waals surface area contributed by atoms with Crippen LogP contribution in [0.1, 0.15) is 35.7 Å². The molecule has 0 radical (unpaired) electrons. The number of rotatable bonds is 7. The van der Waals surface area contributed by atoms with Gasteiger partial charge >= 0.3 is 5.97 Å². The van der Waals surface area contributed by atoms with Crippen LogP contribution in [0.5, 0.6) is 0 Å². The van der Waals surface area contributed by atoms with Crippen molar-refractivity contribution in [3.05, 3.63) is 76.6 Å². The summed E-state index contributed by atoms with van der Waals surface area (Å²) in [6, 6.07) is 15.3. The van der Waals surface area contributed by atoms with E-state index in [-0.39, 0.29) is 12.5 Å². The van der Waals surface area contributed by atoms with E-state index in [0.717, 1.165) is 5.56 Å². The highest BCUT2D eigenvalue weighted by atomic mass is 35.5. The lowest BCUT2D eigenvalue weighted by Crippen LogP contribution is -2.45. The largest absolute Gasteiger partial charge is 0.457 e. The Bertz CT molecular complexity index is 1030. The van der Waals surface area contributed by atoms with Gasteiger partial charge in [0.25, 0.3) is 5.91 Å². The molecule has 0 aliphatic heterocycles. The number of amides is 1. The second kappa shape index (κ2) is 9.59. The molecule has 1 aromatic heterocycles. The van der Waals surface area contributed by atoms with Crippen molar-refractivity contribution in [1.29, 1.82) is 0 Å². The van der Waals surface area contributed by atoms with Crippen LogP contribution in [0.25, 0.3) is 11.5 Å². The van der Waals surface area contributed by atoms with Crippen molar-refractivity contribution < 1.29 is 18.7 Å². The third-order valence-corrected chi connectivity index (χ3v) is 4.92. The number of aromatic nitrogens is 1. The smallest absolute Gasteiger partial charge is 0.329 e. The highest BCUT2D eigenvalue weighted by Crippen LogP contribution is 2.22. The number of nitrogens with one attached hydrogen (secondary N) is 1. The Morgan fingerprint density at radius 2 is 1.77 bits per heavy atom. The summed E-state index contributed by atoms with van der Waals surface area (Å²) in [5, 5.41) is 3.03. The lowest BCUT2D eigenvalue weighted by atomic mass is 10.0. The number of halogens is 1. The van der Waals surface area contributed by atoms with Gasteiger partial charge in [0, 0.05) is 5.56 Å². The average Bonchev–Trinajstić information content (AvgIpc) is 3.11. The highest BCUT2D eigenvalue weighted by Gasteiger charge is 2.27. The Morgan fingerprint density at radius 1 is 1.10 bits per heavy atom. The van der Waals surface area contributed by atoms with E-state index < -0.39 is 17.9 Å². The zero-order valence-electron chi connectivity index (χ0n) is 17.0. The molecule has 1 amide bonds. The topological polar surface area (TPSA) is 81.4 Å². The van der Waals surface area contributed by atoms with Crippen molar-refractivity contribution in [2.75, 3.05) is 0 Å². The molecule has 0 spiro atoms. The van der Waals surface area contributed by atoms with Crippen molar-refractivity contribution in [2.45, 2.75) is 33.4 Å². The van der Waals surface area contributed by atoms with Crippen LogP contribution in [0, 0.1) is 12.8 Å². The fraction of sp³-hybridized carbons (Fsp3) is 0.261. The molecule has 1 N–H and O–H groups in total. The molecule has 7 heteroatoms. The number of carbonyl (C=O) groups is 2. The number of aryl methyl sites for hydroxylation is 1. The zero-order chi connectivity index (χ0) is 21.7. The normalized spacial score (nSPS) is 11.9. The second-order valence-electron chi connectivity index (χ2n) is 7.17. The predicted octanol–water partition coefficient (Wildman–Crippen LogP) is 4.80. The first kappa shape index (κ1) is 21.6. The van der Waals surface area contributed by atoms with Crippen LogP contribution in [0.4, 0.5) is 0 Å². The molecule has 0 unspecified atom stereocenters. The van der Waals surface area contributed by atoms with Crippen molar-refractivity contribution in [1.82, 2.24) is 10.3 Å². The van der Waals surface area contributed by atoms with Crippen molar-refractivity contribution in [3.8, 4) is 11.5 Å². The number of ether oxygens (including phenoxy) is 1. The fourth-order valence-corrected chi connectivity index (χ4v) is 3.08. The Morgan fingerprint density at radius 3 is 2.43 bits per heavy atom. The van der Waals surface area contributed by atoms with E-state index in [1.165, 1.54) is 0 Å². The molecule has 0 bridgehead atoms. The molecular weight excluding hydrogens is 404 g/mol. The van der Waals surface area contributed by atoms with E-state index in [1.807, 2.05) is 44.2 Å². The Kier molecular flexibility index (Phi) is 6.90. The van der Waals surface area contributed by atoms with Crippen molar-refractivity contribution >= 4 is 23.5 Å². The molecule has 0 aliphatic carbocycles. The van der Waals surface area contributed by atoms with E-state index in [0.29, 0.717) is 27.9 Å². The van der Waals surface area contributed by atoms with Gasteiger partial charge in [-0.25, -0.2) is 9.78 Å². The highest BCUT2D eigenvalue weighted by molar-refractivity contribution is 6.33. The number of hydrogen-bond donors (Lipinski definition) is 1. The van der Waals surface area contributed by atoms with Gasteiger partial charge < -0.3 is 14.5 Å². The lowest BCUT2D eigenvalue weighted by Gasteiger charge is -2.21. The van der Waals surface area contributed by atoms with E-state index in [2.05, 4.69) is 10.3 Å². The predicted molar refractivity (Wildman–Crippen MR) is 114 cm³/mol. The standard InChI is InChI=1S/C23H23ClN2O4/c1-14(2)20(26-21(27)17-11-7-8-12-18(17)24)23(28)29-13-19-15(3)30-22(25-19)16-9-5-4-6-10-16/h4-12,14,20H,13H2,1-3H3,(H,26,27)/t20-/m1/s1. The summed E-state index contributed by atoms with van der Waals surface area (Å²) in [7, 11) is 0. The van der Waals surface area contributed by atoms with E-state index in [1.54, 1.807) is 31.2 Å². The maximum absolute atomic E-state index is 12.7. The van der Waals surface area contributed by atoms with Gasteiger partial charge in [-0.3, -0.25) is 4.79 Å². The first-order chi connectivity index (χ1) is 14.4. The third-order valence-electron chi connectivity index (χ3n) is 4.59. The fourth-order valence-electron chi connectivity index (χ4n) is 2.86. The Balaban J connectivity index is 1.67. The first-order valence-corrected chi connectivity index (χ1v) is 9.98. The third kappa shape index (κ3) is 5.07. The van der Waals surface area contributed by atoms with E-state index in [4.69, 9.17) is 20.8 Å². The van der Waals surface area contributed by atoms with Crippen LogP contribution in [0.3, 0.4) is 0 Å². The van der Waals surface area contributed by atoms with Gasteiger partial charge in [0.05, 0.1) is 10.6 Å². The second-order valence-corrected chi connectivity index (χ2v) is 7.58. The number of nitrogens with zero attached hydrogens (tertiary/aromatic N) is 1. The summed E-state index contributed by atoms with van der Waals surface area (Å²) in [5.74, 6) is -0.119. The molecule has 1 atom stereocenters. The van der Waals surface area contributed by atoms with Crippen LogP contribution in [0.15, 0.2) is 59.0 Å². The molecule has 0 saturated carbocycles. The van der Waals surface area contributed by atoms with Gasteiger partial charge in [0.15, 0.2) is 0 Å². The van der Waals surface area contributed by atoms with Crippen LogP contribution < -0.4 is 5.32 Å². The Labute approximate surface area is 180 Å². The molecular formula is C23H23ClN2O4. The molecule has 0 aliphatic rings. The van der Waals surface area contributed by atoms with Crippen LogP contribution in [0.2, 0.25) is 5.02 Å². The number of carbonyl (C=O) groups excluding carboxylic acids is 2. The molecule has 1 heterocycles. The lowest BCUT2D eigenvalue weighted by molar-refractivity contribution is -0.148. The number of benzene rings is 2. The molecule has 30 heavy (non-hydrogen) atoms. The molecule has 156 valence electrons. The summed E-state index contributed by atoms with van der Waals surface area (Å²) in [4.78, 5) is 29.6. The summed E-state index contributed by atoms with van der Waals surface area (Å²) in [6.45, 7) is 5.37. The Hall–Kier alpha value is -3.12. The van der Waals surface area contributed by atoms with Crippen LogP contribution in [-0.4, -0.2) is 22.9 Å². The van der Waals surface area contributed by atoms with Gasteiger partial charge in [-0.1, -0.05) is 55.8 Å². The van der Waals surface area contributed by atoms with Gasteiger partial charge in [-0.15, -0.1) is 0 Å².